The molecule has 0 N–H and O–H groups in total. The summed E-state index contributed by atoms with van der Waals surface area (Å²) < 4.78 is 25.1. The summed E-state index contributed by atoms with van der Waals surface area (Å²) in [6.45, 7) is 0.694. The summed E-state index contributed by atoms with van der Waals surface area (Å²) in [6.07, 6.45) is 1.92. The summed E-state index contributed by atoms with van der Waals surface area (Å²) in [5.41, 5.74) is 3.39. The highest BCUT2D eigenvalue weighted by molar-refractivity contribution is 7.90. The van der Waals surface area contributed by atoms with E-state index in [-0.39, 0.29) is 11.7 Å². The first-order valence-electron chi connectivity index (χ1n) is 9.31. The normalized spacial score (nSPS) is 13.8. The SMILES string of the molecule is O=C(c1ccc(CS(=O)(=O)c2ccccc2)cc1)N1CCCc2ccccc21. The van der Waals surface area contributed by atoms with E-state index in [1.807, 2.05) is 23.1 Å². The standard InChI is InChI=1S/C23H21NO3S/c25-23(24-16-6-8-19-7-4-5-11-22(19)24)20-14-12-18(13-15-20)17-28(26,27)21-9-2-1-3-10-21/h1-5,7,9-15H,6,8,16-17H2. The Morgan fingerprint density at radius 1 is 0.857 bits per heavy atom. The summed E-state index contributed by atoms with van der Waals surface area (Å²) in [4.78, 5) is 15.1. The van der Waals surface area contributed by atoms with Crippen LogP contribution in [0.1, 0.15) is 27.9 Å². The Labute approximate surface area is 165 Å². The van der Waals surface area contributed by atoms with E-state index in [2.05, 4.69) is 6.07 Å². The number of para-hydroxylation sites is 1. The highest BCUT2D eigenvalue weighted by Crippen LogP contribution is 2.28. The Balaban J connectivity index is 1.53. The number of benzene rings is 3. The first-order chi connectivity index (χ1) is 13.5. The number of anilines is 1. The monoisotopic (exact) mass is 391 g/mol. The van der Waals surface area contributed by atoms with Gasteiger partial charge in [-0.3, -0.25) is 4.79 Å². The van der Waals surface area contributed by atoms with Gasteiger partial charge in [0.2, 0.25) is 0 Å². The minimum Gasteiger partial charge on any atom is -0.308 e. The molecule has 0 spiro atoms. The zero-order valence-corrected chi connectivity index (χ0v) is 16.2. The Morgan fingerprint density at radius 2 is 1.54 bits per heavy atom. The highest BCUT2D eigenvalue weighted by atomic mass is 32.2. The minimum atomic E-state index is -3.40. The number of carbonyl (C=O) groups excluding carboxylic acids is 1. The van der Waals surface area contributed by atoms with Gasteiger partial charge in [-0.15, -0.1) is 0 Å². The van der Waals surface area contributed by atoms with Gasteiger partial charge in [0.25, 0.3) is 5.91 Å². The van der Waals surface area contributed by atoms with E-state index in [1.165, 1.54) is 5.56 Å². The lowest BCUT2D eigenvalue weighted by Gasteiger charge is -2.29. The Hall–Kier alpha value is -2.92. The largest absolute Gasteiger partial charge is 0.308 e. The molecule has 0 bridgehead atoms. The zero-order valence-electron chi connectivity index (χ0n) is 15.4. The van der Waals surface area contributed by atoms with E-state index >= 15 is 0 Å². The molecule has 1 aliphatic rings. The van der Waals surface area contributed by atoms with Crippen LogP contribution in [0.3, 0.4) is 0 Å². The van der Waals surface area contributed by atoms with Gasteiger partial charge >= 0.3 is 0 Å². The van der Waals surface area contributed by atoms with Gasteiger partial charge in [-0.2, -0.15) is 0 Å². The fourth-order valence-electron chi connectivity index (χ4n) is 3.57. The van der Waals surface area contributed by atoms with Crippen LogP contribution in [0.15, 0.2) is 83.8 Å². The molecule has 5 heteroatoms. The quantitative estimate of drug-likeness (QED) is 0.668. The molecule has 0 fully saturated rings. The third-order valence-electron chi connectivity index (χ3n) is 5.02. The zero-order chi connectivity index (χ0) is 19.6. The van der Waals surface area contributed by atoms with E-state index in [0.29, 0.717) is 22.6 Å². The molecule has 0 aromatic heterocycles. The van der Waals surface area contributed by atoms with Crippen molar-refractivity contribution in [1.82, 2.24) is 0 Å². The van der Waals surface area contributed by atoms with Gasteiger partial charge < -0.3 is 4.90 Å². The van der Waals surface area contributed by atoms with Gasteiger partial charge in [0.15, 0.2) is 9.84 Å². The van der Waals surface area contributed by atoms with Crippen molar-refractivity contribution in [2.75, 3.05) is 11.4 Å². The molecule has 0 radical (unpaired) electrons. The molecule has 3 aromatic rings. The van der Waals surface area contributed by atoms with Crippen LogP contribution < -0.4 is 4.90 Å². The van der Waals surface area contributed by atoms with Gasteiger partial charge in [0, 0.05) is 17.8 Å². The third kappa shape index (κ3) is 3.71. The van der Waals surface area contributed by atoms with Crippen LogP contribution in [0.5, 0.6) is 0 Å². The van der Waals surface area contributed by atoms with Crippen LogP contribution in [0, 0.1) is 0 Å². The molecule has 1 aliphatic heterocycles. The maximum absolute atomic E-state index is 13.0. The average molecular weight is 391 g/mol. The summed E-state index contributed by atoms with van der Waals surface area (Å²) in [5.74, 6) is -0.137. The van der Waals surface area contributed by atoms with Gasteiger partial charge in [-0.25, -0.2) is 8.42 Å². The highest BCUT2D eigenvalue weighted by Gasteiger charge is 2.23. The van der Waals surface area contributed by atoms with Crippen molar-refractivity contribution in [2.45, 2.75) is 23.5 Å². The van der Waals surface area contributed by atoms with Crippen LogP contribution >= 0.6 is 0 Å². The predicted molar refractivity (Wildman–Crippen MR) is 110 cm³/mol. The van der Waals surface area contributed by atoms with Gasteiger partial charge in [0.1, 0.15) is 0 Å². The summed E-state index contributed by atoms with van der Waals surface area (Å²) >= 11 is 0. The molecule has 0 saturated heterocycles. The lowest BCUT2D eigenvalue weighted by Crippen LogP contribution is -2.35. The molecule has 0 aliphatic carbocycles. The van der Waals surface area contributed by atoms with Crippen molar-refractivity contribution in [3.05, 3.63) is 95.6 Å². The average Bonchev–Trinajstić information content (AvgIpc) is 2.74. The fourth-order valence-corrected chi connectivity index (χ4v) is 4.94. The lowest BCUT2D eigenvalue weighted by molar-refractivity contribution is 0.0985. The maximum atomic E-state index is 13.0. The van der Waals surface area contributed by atoms with Crippen molar-refractivity contribution in [1.29, 1.82) is 0 Å². The molecule has 1 amide bonds. The van der Waals surface area contributed by atoms with E-state index < -0.39 is 9.84 Å². The number of aryl methyl sites for hydroxylation is 1. The van der Waals surface area contributed by atoms with E-state index in [0.717, 1.165) is 18.5 Å². The summed E-state index contributed by atoms with van der Waals surface area (Å²) in [6, 6.07) is 23.3. The maximum Gasteiger partial charge on any atom is 0.258 e. The van der Waals surface area contributed by atoms with E-state index in [1.54, 1.807) is 54.6 Å². The summed E-state index contributed by atoms with van der Waals surface area (Å²) in [5, 5.41) is 0. The van der Waals surface area contributed by atoms with Crippen molar-refractivity contribution < 1.29 is 13.2 Å². The molecule has 142 valence electrons. The van der Waals surface area contributed by atoms with Crippen LogP contribution in [0.4, 0.5) is 5.69 Å². The van der Waals surface area contributed by atoms with Crippen LogP contribution in [-0.2, 0) is 22.0 Å². The first-order valence-corrected chi connectivity index (χ1v) is 11.0. The molecule has 1 heterocycles. The van der Waals surface area contributed by atoms with Gasteiger partial charge in [-0.1, -0.05) is 48.5 Å². The van der Waals surface area contributed by atoms with Gasteiger partial charge in [-0.05, 0) is 54.3 Å². The second kappa shape index (κ2) is 7.60. The minimum absolute atomic E-state index is 0.0513. The molecule has 28 heavy (non-hydrogen) atoms. The smallest absolute Gasteiger partial charge is 0.258 e. The number of carbonyl (C=O) groups is 1. The lowest BCUT2D eigenvalue weighted by atomic mass is 10.0. The molecule has 4 nitrogen and oxygen atoms in total. The Morgan fingerprint density at radius 3 is 2.29 bits per heavy atom. The second-order valence-corrected chi connectivity index (χ2v) is 8.95. The van der Waals surface area contributed by atoms with Crippen molar-refractivity contribution >= 4 is 21.4 Å². The predicted octanol–water partition coefficient (Wildman–Crippen LogP) is 4.25. The fraction of sp³-hybridized carbons (Fsp3) is 0.174. The Bertz CT molecular complexity index is 1090. The topological polar surface area (TPSA) is 54.5 Å². The first kappa shape index (κ1) is 18.4. The second-order valence-electron chi connectivity index (χ2n) is 6.96. The number of amides is 1. The molecular weight excluding hydrogens is 370 g/mol. The van der Waals surface area contributed by atoms with Crippen molar-refractivity contribution in [3.63, 3.8) is 0 Å². The number of hydrogen-bond acceptors (Lipinski definition) is 3. The Kier molecular flexibility index (Phi) is 5.01. The molecular formula is C23H21NO3S. The van der Waals surface area contributed by atoms with Crippen LogP contribution in [-0.4, -0.2) is 20.9 Å². The van der Waals surface area contributed by atoms with Crippen molar-refractivity contribution in [2.24, 2.45) is 0 Å². The van der Waals surface area contributed by atoms with Crippen molar-refractivity contribution in [3.8, 4) is 0 Å². The molecule has 0 unspecified atom stereocenters. The third-order valence-corrected chi connectivity index (χ3v) is 6.72. The number of nitrogens with zero attached hydrogens (tertiary/aromatic N) is 1. The van der Waals surface area contributed by atoms with E-state index in [9.17, 15) is 13.2 Å². The molecule has 4 rings (SSSR count). The molecule has 0 atom stereocenters. The number of fused-ring (bicyclic) bond motifs is 1. The molecule has 3 aromatic carbocycles. The van der Waals surface area contributed by atoms with Crippen LogP contribution in [0.25, 0.3) is 0 Å². The number of rotatable bonds is 4. The summed E-state index contributed by atoms with van der Waals surface area (Å²) in [7, 11) is -3.40. The number of hydrogen-bond donors (Lipinski definition) is 0. The van der Waals surface area contributed by atoms with E-state index in [4.69, 9.17) is 0 Å². The number of sulfone groups is 1. The van der Waals surface area contributed by atoms with Gasteiger partial charge in [0.05, 0.1) is 10.6 Å². The van der Waals surface area contributed by atoms with Crippen LogP contribution in [0.2, 0.25) is 0 Å². The molecule has 0 saturated carbocycles.